The number of nitrogens with zero attached hydrogens (tertiary/aromatic N) is 3. The van der Waals surface area contributed by atoms with E-state index in [1.807, 2.05) is 19.1 Å². The van der Waals surface area contributed by atoms with E-state index in [9.17, 15) is 9.65 Å². The van der Waals surface area contributed by atoms with Crippen LogP contribution < -0.4 is 5.73 Å². The van der Waals surface area contributed by atoms with Gasteiger partial charge in [-0.2, -0.15) is 14.8 Å². The number of nitrogens with two attached hydrogens (primary N) is 1. The number of anilines is 1. The van der Waals surface area contributed by atoms with Gasteiger partial charge >= 0.3 is 0 Å². The molecule has 0 aliphatic rings. The molecule has 7 heteroatoms. The molecule has 3 aromatic heterocycles. The number of halogens is 1. The lowest BCUT2D eigenvalue weighted by atomic mass is 9.92. The van der Waals surface area contributed by atoms with Gasteiger partial charge in [-0.25, -0.2) is 4.98 Å². The highest BCUT2D eigenvalue weighted by Gasteiger charge is 2.21. The maximum atomic E-state index is 13.7. The molecule has 5 rings (SSSR count). The van der Waals surface area contributed by atoms with Crippen molar-refractivity contribution in [1.82, 2.24) is 15.2 Å². The van der Waals surface area contributed by atoms with E-state index in [0.717, 1.165) is 22.0 Å². The van der Waals surface area contributed by atoms with Crippen molar-refractivity contribution in [1.29, 1.82) is 5.26 Å². The predicted molar refractivity (Wildman–Crippen MR) is 100 cm³/mol. The Labute approximate surface area is 152 Å². The summed E-state index contributed by atoms with van der Waals surface area (Å²) in [7, 11) is 0. The van der Waals surface area contributed by atoms with Gasteiger partial charge in [0.1, 0.15) is 17.1 Å². The molecule has 0 amide bonds. The zero-order chi connectivity index (χ0) is 18.7. The van der Waals surface area contributed by atoms with Gasteiger partial charge in [-0.3, -0.25) is 5.10 Å². The molecule has 0 fully saturated rings. The fraction of sp³-hybridized carbons (Fsp3) is 0.0500. The monoisotopic (exact) mass is 357 g/mol. The molecular formula is C20H12FN5O. The summed E-state index contributed by atoms with van der Waals surface area (Å²) in [5.74, 6) is -0.616. The van der Waals surface area contributed by atoms with Crippen LogP contribution in [0.15, 0.2) is 40.9 Å². The van der Waals surface area contributed by atoms with E-state index in [1.54, 1.807) is 12.3 Å². The maximum Gasteiger partial charge on any atom is 0.213 e. The van der Waals surface area contributed by atoms with Crippen LogP contribution in [0.3, 0.4) is 0 Å². The molecule has 3 heterocycles. The summed E-state index contributed by atoms with van der Waals surface area (Å²) < 4.78 is 19.5. The Hall–Kier alpha value is -3.92. The van der Waals surface area contributed by atoms with Gasteiger partial charge in [0.05, 0.1) is 17.4 Å². The normalized spacial score (nSPS) is 11.4. The second-order valence-electron chi connectivity index (χ2n) is 6.37. The SMILES string of the molecule is Cc1ccc2[nH]ncc2c1-c1cc2c(oc3ccc(F)nc32)c(C#N)c1N. The maximum absolute atomic E-state index is 13.7. The minimum Gasteiger partial charge on any atom is -0.453 e. The minimum absolute atomic E-state index is 0.209. The van der Waals surface area contributed by atoms with Gasteiger partial charge in [0.15, 0.2) is 11.2 Å². The van der Waals surface area contributed by atoms with Gasteiger partial charge < -0.3 is 10.2 Å². The van der Waals surface area contributed by atoms with E-state index >= 15 is 0 Å². The van der Waals surface area contributed by atoms with Crippen molar-refractivity contribution in [2.75, 3.05) is 5.73 Å². The summed E-state index contributed by atoms with van der Waals surface area (Å²) >= 11 is 0. The summed E-state index contributed by atoms with van der Waals surface area (Å²) in [6.45, 7) is 1.96. The summed E-state index contributed by atoms with van der Waals surface area (Å²) in [6.07, 6.45) is 1.72. The van der Waals surface area contributed by atoms with Crippen molar-refractivity contribution in [3.63, 3.8) is 0 Å². The number of H-pyrrole nitrogens is 1. The Morgan fingerprint density at radius 1 is 1.22 bits per heavy atom. The molecule has 3 N–H and O–H groups in total. The Bertz CT molecular complexity index is 1420. The number of nitrogens with one attached hydrogen (secondary N) is 1. The molecule has 0 radical (unpaired) electrons. The first kappa shape index (κ1) is 15.3. The van der Waals surface area contributed by atoms with Crippen molar-refractivity contribution in [2.45, 2.75) is 6.92 Å². The average Bonchev–Trinajstić information content (AvgIpc) is 3.26. The van der Waals surface area contributed by atoms with E-state index in [4.69, 9.17) is 10.2 Å². The standard InChI is InChI=1S/C20H12FN5O/c1-9-2-3-14-13(8-24-26-14)17(9)10-6-11-19-15(4-5-16(21)25-19)27-20(11)12(7-22)18(10)23/h2-6,8H,23H2,1H3,(H,24,26). The molecule has 0 unspecified atom stereocenters. The highest BCUT2D eigenvalue weighted by atomic mass is 19.1. The van der Waals surface area contributed by atoms with E-state index in [-0.39, 0.29) is 5.56 Å². The van der Waals surface area contributed by atoms with E-state index in [2.05, 4.69) is 21.3 Å². The zero-order valence-electron chi connectivity index (χ0n) is 14.2. The molecule has 2 aromatic carbocycles. The van der Waals surface area contributed by atoms with Crippen LogP contribution in [0.1, 0.15) is 11.1 Å². The fourth-order valence-electron chi connectivity index (χ4n) is 3.57. The van der Waals surface area contributed by atoms with Crippen LogP contribution in [0.4, 0.5) is 10.1 Å². The first-order chi connectivity index (χ1) is 13.1. The van der Waals surface area contributed by atoms with Gasteiger partial charge in [-0.05, 0) is 42.3 Å². The predicted octanol–water partition coefficient (Wildman–Crippen LogP) is 4.43. The number of pyridine rings is 1. The molecule has 5 aromatic rings. The van der Waals surface area contributed by atoms with Gasteiger partial charge in [0.2, 0.25) is 5.95 Å². The summed E-state index contributed by atoms with van der Waals surface area (Å²) in [5, 5.41) is 18.2. The van der Waals surface area contributed by atoms with Crippen LogP contribution in [0.2, 0.25) is 0 Å². The molecule has 0 atom stereocenters. The molecule has 0 saturated heterocycles. The van der Waals surface area contributed by atoms with Crippen molar-refractivity contribution in [3.05, 3.63) is 53.6 Å². The largest absolute Gasteiger partial charge is 0.453 e. The van der Waals surface area contributed by atoms with Crippen LogP contribution >= 0.6 is 0 Å². The number of aromatic nitrogens is 3. The molecule has 0 saturated carbocycles. The highest BCUT2D eigenvalue weighted by Crippen LogP contribution is 2.41. The second kappa shape index (κ2) is 5.29. The molecule has 0 aliphatic heterocycles. The fourth-order valence-corrected chi connectivity index (χ4v) is 3.57. The third-order valence-electron chi connectivity index (χ3n) is 4.82. The Morgan fingerprint density at radius 2 is 2.07 bits per heavy atom. The van der Waals surface area contributed by atoms with E-state index < -0.39 is 5.95 Å². The van der Waals surface area contributed by atoms with Crippen molar-refractivity contribution >= 4 is 38.7 Å². The average molecular weight is 357 g/mol. The van der Waals surface area contributed by atoms with Gasteiger partial charge in [-0.15, -0.1) is 0 Å². The molecule has 27 heavy (non-hydrogen) atoms. The lowest BCUT2D eigenvalue weighted by Gasteiger charge is -2.12. The number of fused-ring (bicyclic) bond motifs is 4. The lowest BCUT2D eigenvalue weighted by molar-refractivity contribution is 0.586. The molecule has 130 valence electrons. The molecule has 0 aliphatic carbocycles. The first-order valence-corrected chi connectivity index (χ1v) is 8.23. The topological polar surface area (TPSA) is 105 Å². The van der Waals surface area contributed by atoms with Crippen molar-refractivity contribution in [2.24, 2.45) is 0 Å². The van der Waals surface area contributed by atoms with Crippen LogP contribution in [0, 0.1) is 24.2 Å². The van der Waals surface area contributed by atoms with Crippen molar-refractivity contribution < 1.29 is 8.81 Å². The molecule has 6 nitrogen and oxygen atoms in total. The number of nitrogen functional groups attached to an aromatic ring is 1. The highest BCUT2D eigenvalue weighted by molar-refractivity contribution is 6.11. The number of aromatic amines is 1. The number of benzene rings is 2. The summed E-state index contributed by atoms with van der Waals surface area (Å²) in [4.78, 5) is 3.95. The van der Waals surface area contributed by atoms with E-state index in [1.165, 1.54) is 12.1 Å². The molecule has 0 spiro atoms. The molecule has 0 bridgehead atoms. The number of hydrogen-bond acceptors (Lipinski definition) is 5. The van der Waals surface area contributed by atoms with E-state index in [0.29, 0.717) is 33.3 Å². The van der Waals surface area contributed by atoms with Crippen LogP contribution in [0.5, 0.6) is 0 Å². The third-order valence-corrected chi connectivity index (χ3v) is 4.82. The Balaban J connectivity index is 1.98. The molecular weight excluding hydrogens is 345 g/mol. The number of nitriles is 1. The van der Waals surface area contributed by atoms with Gasteiger partial charge in [0, 0.05) is 16.3 Å². The van der Waals surface area contributed by atoms with Gasteiger partial charge in [0.25, 0.3) is 0 Å². The minimum atomic E-state index is -0.616. The number of hydrogen-bond donors (Lipinski definition) is 2. The Morgan fingerprint density at radius 3 is 2.89 bits per heavy atom. The number of aryl methyl sites for hydroxylation is 1. The van der Waals surface area contributed by atoms with Crippen LogP contribution in [0.25, 0.3) is 44.1 Å². The van der Waals surface area contributed by atoms with Gasteiger partial charge in [-0.1, -0.05) is 6.07 Å². The second-order valence-corrected chi connectivity index (χ2v) is 6.37. The summed E-state index contributed by atoms with van der Waals surface area (Å²) in [5.41, 5.74) is 11.3. The number of furan rings is 1. The van der Waals surface area contributed by atoms with Crippen LogP contribution in [-0.2, 0) is 0 Å². The Kier molecular flexibility index (Phi) is 3.00. The number of rotatable bonds is 1. The smallest absolute Gasteiger partial charge is 0.213 e. The lowest BCUT2D eigenvalue weighted by Crippen LogP contribution is -1.97. The van der Waals surface area contributed by atoms with Crippen molar-refractivity contribution in [3.8, 4) is 17.2 Å². The summed E-state index contributed by atoms with van der Waals surface area (Å²) in [6, 6.07) is 10.5. The van der Waals surface area contributed by atoms with Crippen LogP contribution in [-0.4, -0.2) is 15.2 Å². The quantitative estimate of drug-likeness (QED) is 0.341. The zero-order valence-corrected chi connectivity index (χ0v) is 14.2. The third kappa shape index (κ3) is 2.04. The first-order valence-electron chi connectivity index (χ1n) is 8.23.